The van der Waals surface area contributed by atoms with Crippen molar-refractivity contribution in [2.24, 2.45) is 0 Å². The number of halogens is 2. The summed E-state index contributed by atoms with van der Waals surface area (Å²) in [6, 6.07) is 15.6. The maximum absolute atomic E-state index is 12.4. The molecule has 0 aliphatic heterocycles. The number of para-hydroxylation sites is 2. The van der Waals surface area contributed by atoms with Crippen molar-refractivity contribution >= 4 is 7.82 Å². The van der Waals surface area contributed by atoms with E-state index in [2.05, 4.69) is 4.52 Å². The van der Waals surface area contributed by atoms with Gasteiger partial charge in [0.05, 0.1) is 0 Å². The van der Waals surface area contributed by atoms with Crippen LogP contribution in [0.3, 0.4) is 0 Å². The molecule has 7 heteroatoms. The van der Waals surface area contributed by atoms with Crippen LogP contribution in [0.5, 0.6) is 11.5 Å². The first-order valence-corrected chi connectivity index (χ1v) is 7.09. The standard InChI is InChI=1S/C13H11F2O4P/c14-13(15)19-20(16,17-11-7-3-1-4-8-11)18-12-9-5-2-6-10-12/h1-10,13H. The summed E-state index contributed by atoms with van der Waals surface area (Å²) in [5.74, 6) is 0.208. The maximum atomic E-state index is 12.4. The fourth-order valence-corrected chi connectivity index (χ4v) is 2.46. The van der Waals surface area contributed by atoms with Crippen LogP contribution in [0.25, 0.3) is 0 Å². The average molecular weight is 300 g/mol. The predicted octanol–water partition coefficient (Wildman–Crippen LogP) is 4.49. The minimum atomic E-state index is -4.47. The van der Waals surface area contributed by atoms with Crippen LogP contribution in [0.4, 0.5) is 8.78 Å². The van der Waals surface area contributed by atoms with Gasteiger partial charge in [-0.3, -0.25) is 0 Å². The van der Waals surface area contributed by atoms with Gasteiger partial charge >= 0.3 is 14.4 Å². The highest BCUT2D eigenvalue weighted by molar-refractivity contribution is 7.49. The Balaban J connectivity index is 2.19. The van der Waals surface area contributed by atoms with E-state index in [-0.39, 0.29) is 11.5 Å². The van der Waals surface area contributed by atoms with Crippen molar-refractivity contribution in [1.82, 2.24) is 0 Å². The zero-order valence-corrected chi connectivity index (χ0v) is 11.1. The third-order valence-electron chi connectivity index (χ3n) is 2.13. The average Bonchev–Trinajstić information content (AvgIpc) is 2.39. The summed E-state index contributed by atoms with van der Waals surface area (Å²) in [5.41, 5.74) is 0. The van der Waals surface area contributed by atoms with Crippen LogP contribution in [0.1, 0.15) is 0 Å². The topological polar surface area (TPSA) is 44.8 Å². The van der Waals surface area contributed by atoms with Gasteiger partial charge in [0.15, 0.2) is 0 Å². The number of phosphoric ester groups is 1. The maximum Gasteiger partial charge on any atom is 0.592 e. The molecule has 106 valence electrons. The summed E-state index contributed by atoms with van der Waals surface area (Å²) in [6.45, 7) is -3.28. The third-order valence-corrected chi connectivity index (χ3v) is 3.42. The Bertz CT molecular complexity index is 532. The molecule has 0 bridgehead atoms. The van der Waals surface area contributed by atoms with Crippen LogP contribution in [0.2, 0.25) is 0 Å². The zero-order valence-electron chi connectivity index (χ0n) is 10.2. The molecule has 2 rings (SSSR count). The Morgan fingerprint density at radius 1 is 0.800 bits per heavy atom. The predicted molar refractivity (Wildman–Crippen MR) is 68.8 cm³/mol. The monoisotopic (exact) mass is 300 g/mol. The Kier molecular flexibility index (Phi) is 4.71. The van der Waals surface area contributed by atoms with E-state index in [9.17, 15) is 13.3 Å². The first kappa shape index (κ1) is 14.5. The molecule has 0 aromatic heterocycles. The van der Waals surface area contributed by atoms with Crippen LogP contribution in [0.15, 0.2) is 60.7 Å². The van der Waals surface area contributed by atoms with Crippen LogP contribution in [-0.4, -0.2) is 6.61 Å². The van der Waals surface area contributed by atoms with Gasteiger partial charge < -0.3 is 9.05 Å². The molecule has 0 heterocycles. The van der Waals surface area contributed by atoms with Gasteiger partial charge in [0.1, 0.15) is 11.5 Å². The van der Waals surface area contributed by atoms with E-state index < -0.39 is 14.4 Å². The van der Waals surface area contributed by atoms with E-state index in [4.69, 9.17) is 9.05 Å². The quantitative estimate of drug-likeness (QED) is 0.737. The van der Waals surface area contributed by atoms with Gasteiger partial charge in [-0.25, -0.2) is 9.09 Å². The molecule has 0 aliphatic carbocycles. The molecular weight excluding hydrogens is 289 g/mol. The molecule has 0 saturated carbocycles. The van der Waals surface area contributed by atoms with E-state index in [1.54, 1.807) is 36.4 Å². The first-order valence-electron chi connectivity index (χ1n) is 5.63. The highest BCUT2D eigenvalue weighted by Gasteiger charge is 2.35. The molecule has 0 N–H and O–H groups in total. The van der Waals surface area contributed by atoms with Crippen LogP contribution in [0, 0.1) is 0 Å². The number of hydrogen-bond donors (Lipinski definition) is 0. The number of alkyl halides is 2. The summed E-state index contributed by atoms with van der Waals surface area (Å²) in [7, 11) is -4.47. The number of benzene rings is 2. The Morgan fingerprint density at radius 2 is 1.20 bits per heavy atom. The van der Waals surface area contributed by atoms with Gasteiger partial charge in [-0.2, -0.15) is 8.78 Å². The fraction of sp³-hybridized carbons (Fsp3) is 0.0769. The zero-order chi connectivity index (χ0) is 14.4. The first-order chi connectivity index (χ1) is 9.57. The van der Waals surface area contributed by atoms with Gasteiger partial charge in [0, 0.05) is 0 Å². The largest absolute Gasteiger partial charge is 0.592 e. The van der Waals surface area contributed by atoms with E-state index in [1.807, 2.05) is 0 Å². The summed E-state index contributed by atoms with van der Waals surface area (Å²) in [5, 5.41) is 0. The van der Waals surface area contributed by atoms with Crippen molar-refractivity contribution in [2.45, 2.75) is 6.61 Å². The molecule has 0 radical (unpaired) electrons. The van der Waals surface area contributed by atoms with Gasteiger partial charge in [-0.1, -0.05) is 36.4 Å². The second-order valence-corrected chi connectivity index (χ2v) is 5.09. The summed E-state index contributed by atoms with van der Waals surface area (Å²) >= 11 is 0. The van der Waals surface area contributed by atoms with Gasteiger partial charge in [0.25, 0.3) is 0 Å². The lowest BCUT2D eigenvalue weighted by molar-refractivity contribution is -0.0638. The Morgan fingerprint density at radius 3 is 1.55 bits per heavy atom. The lowest BCUT2D eigenvalue weighted by Gasteiger charge is -2.18. The molecule has 2 aromatic carbocycles. The van der Waals surface area contributed by atoms with Crippen molar-refractivity contribution < 1.29 is 26.9 Å². The third kappa shape index (κ3) is 4.33. The Labute approximate surface area is 114 Å². The van der Waals surface area contributed by atoms with Crippen molar-refractivity contribution in [3.8, 4) is 11.5 Å². The smallest absolute Gasteiger partial charge is 0.395 e. The van der Waals surface area contributed by atoms with E-state index in [0.717, 1.165) is 0 Å². The molecule has 0 amide bonds. The van der Waals surface area contributed by atoms with Crippen molar-refractivity contribution in [2.75, 3.05) is 0 Å². The van der Waals surface area contributed by atoms with E-state index in [0.29, 0.717) is 0 Å². The molecule has 0 atom stereocenters. The molecule has 2 aromatic rings. The molecule has 0 saturated heterocycles. The number of phosphoric acid groups is 1. The van der Waals surface area contributed by atoms with E-state index >= 15 is 0 Å². The summed E-state index contributed by atoms with van der Waals surface area (Å²) in [4.78, 5) is 0. The molecule has 0 fully saturated rings. The van der Waals surface area contributed by atoms with Gasteiger partial charge in [0.2, 0.25) is 0 Å². The second kappa shape index (κ2) is 6.50. The van der Waals surface area contributed by atoms with Crippen molar-refractivity contribution in [3.63, 3.8) is 0 Å². The number of hydrogen-bond acceptors (Lipinski definition) is 4. The molecular formula is C13H11F2O4P. The lowest BCUT2D eigenvalue weighted by atomic mass is 10.3. The van der Waals surface area contributed by atoms with Crippen LogP contribution >= 0.6 is 7.82 Å². The fourth-order valence-electron chi connectivity index (χ4n) is 1.38. The normalized spacial score (nSPS) is 11.3. The minimum absolute atomic E-state index is 0.104. The molecule has 20 heavy (non-hydrogen) atoms. The summed E-state index contributed by atoms with van der Waals surface area (Å²) in [6.07, 6.45) is 0. The van der Waals surface area contributed by atoms with Crippen LogP contribution in [-0.2, 0) is 9.09 Å². The minimum Gasteiger partial charge on any atom is -0.395 e. The van der Waals surface area contributed by atoms with Crippen LogP contribution < -0.4 is 9.05 Å². The molecule has 4 nitrogen and oxygen atoms in total. The highest BCUT2D eigenvalue weighted by atomic mass is 31.2. The Hall–Kier alpha value is -1.91. The van der Waals surface area contributed by atoms with Gasteiger partial charge in [-0.15, -0.1) is 0 Å². The van der Waals surface area contributed by atoms with Gasteiger partial charge in [-0.05, 0) is 24.3 Å². The molecule has 0 aliphatic rings. The second-order valence-electron chi connectivity index (χ2n) is 3.62. The summed E-state index contributed by atoms with van der Waals surface area (Å²) < 4.78 is 50.9. The number of rotatable bonds is 6. The SMILES string of the molecule is O=P(Oc1ccccc1)(Oc1ccccc1)OC(F)F. The van der Waals surface area contributed by atoms with Crippen molar-refractivity contribution in [1.29, 1.82) is 0 Å². The lowest BCUT2D eigenvalue weighted by Crippen LogP contribution is -2.08. The van der Waals surface area contributed by atoms with Crippen molar-refractivity contribution in [3.05, 3.63) is 60.7 Å². The van der Waals surface area contributed by atoms with E-state index in [1.165, 1.54) is 24.3 Å². The highest BCUT2D eigenvalue weighted by Crippen LogP contribution is 2.50. The molecule has 0 spiro atoms. The molecule has 0 unspecified atom stereocenters.